The molecule has 0 radical (unpaired) electrons. The largest absolute Gasteiger partial charge is 0.497 e. The van der Waals surface area contributed by atoms with Crippen molar-refractivity contribution in [2.45, 2.75) is 32.0 Å². The standard InChI is InChI=1S/C27H30N4O3S/c1-18-15-24(19(2)31(18)14-13-20-9-11-22(33-4)12-10-20)25(32)17-35-27-29-28-26(30(27)3)21-7-6-8-23(16-21)34-5/h6-12,15-16H,13-14,17H2,1-5H3. The summed E-state index contributed by atoms with van der Waals surface area (Å²) in [5.74, 6) is 2.73. The third-order valence-electron chi connectivity index (χ3n) is 6.15. The van der Waals surface area contributed by atoms with E-state index >= 15 is 0 Å². The Morgan fingerprint density at radius 2 is 1.71 bits per heavy atom. The minimum absolute atomic E-state index is 0.0877. The average molecular weight is 491 g/mol. The van der Waals surface area contributed by atoms with Crippen LogP contribution < -0.4 is 9.47 Å². The fourth-order valence-electron chi connectivity index (χ4n) is 4.12. The number of aromatic nitrogens is 4. The van der Waals surface area contributed by atoms with Gasteiger partial charge in [-0.15, -0.1) is 10.2 Å². The van der Waals surface area contributed by atoms with E-state index in [0.717, 1.165) is 52.8 Å². The molecular weight excluding hydrogens is 460 g/mol. The van der Waals surface area contributed by atoms with Gasteiger partial charge in [-0.25, -0.2) is 0 Å². The Kier molecular flexibility index (Phi) is 7.60. The maximum atomic E-state index is 13.1. The van der Waals surface area contributed by atoms with Crippen molar-refractivity contribution in [2.75, 3.05) is 20.0 Å². The number of thioether (sulfide) groups is 1. The second kappa shape index (κ2) is 10.8. The van der Waals surface area contributed by atoms with Gasteiger partial charge in [0.2, 0.25) is 0 Å². The molecule has 0 N–H and O–H groups in total. The van der Waals surface area contributed by atoms with E-state index in [4.69, 9.17) is 9.47 Å². The Balaban J connectivity index is 1.42. The smallest absolute Gasteiger partial charge is 0.191 e. The number of ketones is 1. The number of hydrogen-bond donors (Lipinski definition) is 0. The number of methoxy groups -OCH3 is 2. The van der Waals surface area contributed by atoms with Gasteiger partial charge in [0.25, 0.3) is 0 Å². The lowest BCUT2D eigenvalue weighted by molar-refractivity contribution is 0.102. The SMILES string of the molecule is COc1ccc(CCn2c(C)cc(C(=O)CSc3nnc(-c4cccc(OC)c4)n3C)c2C)cc1. The van der Waals surface area contributed by atoms with Crippen molar-refractivity contribution in [3.63, 3.8) is 0 Å². The molecule has 0 fully saturated rings. The van der Waals surface area contributed by atoms with Gasteiger partial charge in [0, 0.05) is 36.1 Å². The van der Waals surface area contributed by atoms with Crippen LogP contribution in [0.2, 0.25) is 0 Å². The molecule has 2 aromatic carbocycles. The zero-order valence-electron chi connectivity index (χ0n) is 20.7. The van der Waals surface area contributed by atoms with Crippen LogP contribution in [-0.4, -0.2) is 45.1 Å². The van der Waals surface area contributed by atoms with Crippen LogP contribution in [0.15, 0.2) is 59.8 Å². The Labute approximate surface area is 210 Å². The second-order valence-corrected chi connectivity index (χ2v) is 9.29. The van der Waals surface area contributed by atoms with E-state index in [1.54, 1.807) is 14.2 Å². The summed E-state index contributed by atoms with van der Waals surface area (Å²) < 4.78 is 14.7. The van der Waals surface area contributed by atoms with Crippen LogP contribution >= 0.6 is 11.8 Å². The summed E-state index contributed by atoms with van der Waals surface area (Å²) in [4.78, 5) is 13.1. The first-order valence-corrected chi connectivity index (χ1v) is 12.4. The van der Waals surface area contributed by atoms with Gasteiger partial charge in [0.15, 0.2) is 16.8 Å². The number of carbonyl (C=O) groups excluding carboxylic acids is 1. The second-order valence-electron chi connectivity index (χ2n) is 8.34. The molecule has 0 aliphatic carbocycles. The molecule has 0 aliphatic heterocycles. The predicted molar refractivity (Wildman–Crippen MR) is 139 cm³/mol. The number of carbonyl (C=O) groups is 1. The molecule has 8 heteroatoms. The number of benzene rings is 2. The van der Waals surface area contributed by atoms with Crippen LogP contribution in [0.3, 0.4) is 0 Å². The molecule has 0 unspecified atom stereocenters. The van der Waals surface area contributed by atoms with Gasteiger partial charge in [-0.2, -0.15) is 0 Å². The lowest BCUT2D eigenvalue weighted by Crippen LogP contribution is -2.08. The molecule has 0 aliphatic rings. The van der Waals surface area contributed by atoms with Crippen molar-refractivity contribution >= 4 is 17.5 Å². The number of Topliss-reactive ketones (excluding diaryl/α,β-unsaturated/α-hetero) is 1. The summed E-state index contributed by atoms with van der Waals surface area (Å²) in [5.41, 5.74) is 4.99. The number of rotatable bonds is 10. The zero-order valence-corrected chi connectivity index (χ0v) is 21.6. The molecule has 0 saturated carbocycles. The Bertz CT molecular complexity index is 1320. The number of nitrogens with zero attached hydrogens (tertiary/aromatic N) is 4. The number of aryl methyl sites for hydroxylation is 2. The maximum absolute atomic E-state index is 13.1. The molecular formula is C27H30N4O3S. The maximum Gasteiger partial charge on any atom is 0.191 e. The van der Waals surface area contributed by atoms with Crippen molar-refractivity contribution in [1.29, 1.82) is 0 Å². The van der Waals surface area contributed by atoms with Crippen LogP contribution in [0, 0.1) is 13.8 Å². The van der Waals surface area contributed by atoms with Crippen molar-refractivity contribution in [2.24, 2.45) is 7.05 Å². The molecule has 4 aromatic rings. The molecule has 0 atom stereocenters. The van der Waals surface area contributed by atoms with E-state index in [-0.39, 0.29) is 5.78 Å². The first kappa shape index (κ1) is 24.6. The Morgan fingerprint density at radius 1 is 0.971 bits per heavy atom. The molecule has 2 aromatic heterocycles. The Hall–Kier alpha value is -3.52. The van der Waals surface area contributed by atoms with E-state index in [0.29, 0.717) is 10.9 Å². The number of ether oxygens (including phenoxy) is 2. The fourth-order valence-corrected chi connectivity index (χ4v) is 4.92. The fraction of sp³-hybridized carbons (Fsp3) is 0.296. The lowest BCUT2D eigenvalue weighted by atomic mass is 10.1. The van der Waals surface area contributed by atoms with Gasteiger partial charge in [-0.3, -0.25) is 4.79 Å². The van der Waals surface area contributed by atoms with E-state index in [1.807, 2.05) is 67.9 Å². The molecule has 7 nitrogen and oxygen atoms in total. The lowest BCUT2D eigenvalue weighted by Gasteiger charge is -2.10. The molecule has 35 heavy (non-hydrogen) atoms. The van der Waals surface area contributed by atoms with Crippen molar-refractivity contribution < 1.29 is 14.3 Å². The van der Waals surface area contributed by atoms with Crippen LogP contribution in [0.5, 0.6) is 11.5 Å². The summed E-state index contributed by atoms with van der Waals surface area (Å²) >= 11 is 1.40. The molecule has 0 saturated heterocycles. The highest BCUT2D eigenvalue weighted by molar-refractivity contribution is 7.99. The van der Waals surface area contributed by atoms with Gasteiger partial charge in [-0.1, -0.05) is 36.0 Å². The quantitative estimate of drug-likeness (QED) is 0.227. The van der Waals surface area contributed by atoms with Gasteiger partial charge >= 0.3 is 0 Å². The van der Waals surface area contributed by atoms with Crippen molar-refractivity contribution in [3.05, 3.63) is 77.1 Å². The predicted octanol–water partition coefficient (Wildman–Crippen LogP) is 5.14. The van der Waals surface area contributed by atoms with Crippen LogP contribution in [0.1, 0.15) is 27.3 Å². The average Bonchev–Trinajstić information content (AvgIpc) is 3.39. The highest BCUT2D eigenvalue weighted by Crippen LogP contribution is 2.26. The summed E-state index contributed by atoms with van der Waals surface area (Å²) in [6, 6.07) is 17.8. The van der Waals surface area contributed by atoms with Gasteiger partial charge < -0.3 is 18.6 Å². The molecule has 0 amide bonds. The van der Waals surface area contributed by atoms with E-state index in [9.17, 15) is 4.79 Å². The van der Waals surface area contributed by atoms with E-state index in [2.05, 4.69) is 26.9 Å². The third kappa shape index (κ3) is 5.43. The van der Waals surface area contributed by atoms with Crippen molar-refractivity contribution in [1.82, 2.24) is 19.3 Å². The highest BCUT2D eigenvalue weighted by Gasteiger charge is 2.18. The highest BCUT2D eigenvalue weighted by atomic mass is 32.2. The van der Waals surface area contributed by atoms with Gasteiger partial charge in [0.05, 0.1) is 20.0 Å². The molecule has 182 valence electrons. The number of hydrogen-bond acceptors (Lipinski definition) is 6. The summed E-state index contributed by atoms with van der Waals surface area (Å²) in [6.45, 7) is 4.88. The van der Waals surface area contributed by atoms with Crippen LogP contribution in [-0.2, 0) is 20.0 Å². The minimum Gasteiger partial charge on any atom is -0.497 e. The van der Waals surface area contributed by atoms with Gasteiger partial charge in [-0.05, 0) is 56.2 Å². The van der Waals surface area contributed by atoms with Crippen LogP contribution in [0.4, 0.5) is 0 Å². The molecule has 2 heterocycles. The van der Waals surface area contributed by atoms with E-state index in [1.165, 1.54) is 17.3 Å². The topological polar surface area (TPSA) is 71.2 Å². The summed E-state index contributed by atoms with van der Waals surface area (Å²) in [5, 5.41) is 9.33. The molecule has 4 rings (SSSR count). The normalized spacial score (nSPS) is 11.0. The first-order chi connectivity index (χ1) is 16.9. The molecule has 0 bridgehead atoms. The molecule has 0 spiro atoms. The Morgan fingerprint density at radius 3 is 2.43 bits per heavy atom. The van der Waals surface area contributed by atoms with Crippen LogP contribution in [0.25, 0.3) is 11.4 Å². The van der Waals surface area contributed by atoms with Gasteiger partial charge in [0.1, 0.15) is 11.5 Å². The monoisotopic (exact) mass is 490 g/mol. The summed E-state index contributed by atoms with van der Waals surface area (Å²) in [6.07, 6.45) is 0.884. The minimum atomic E-state index is 0.0877. The van der Waals surface area contributed by atoms with Crippen molar-refractivity contribution in [3.8, 4) is 22.9 Å². The summed E-state index contributed by atoms with van der Waals surface area (Å²) in [7, 11) is 5.22. The van der Waals surface area contributed by atoms with E-state index < -0.39 is 0 Å². The first-order valence-electron chi connectivity index (χ1n) is 11.4. The zero-order chi connectivity index (χ0) is 24.9. The third-order valence-corrected chi connectivity index (χ3v) is 7.17.